The lowest BCUT2D eigenvalue weighted by molar-refractivity contribution is 0.427. The fourth-order valence-corrected chi connectivity index (χ4v) is 3.34. The molecular weight excluding hydrogens is 314 g/mol. The van der Waals surface area contributed by atoms with Crippen molar-refractivity contribution in [1.82, 2.24) is 9.97 Å². The Morgan fingerprint density at radius 2 is 1.90 bits per heavy atom. The van der Waals surface area contributed by atoms with Gasteiger partial charge in [-0.05, 0) is 48.0 Å². The van der Waals surface area contributed by atoms with Crippen LogP contribution in [0.2, 0.25) is 0 Å². The number of hydrogen-bond acceptors (Lipinski definition) is 3. The quantitative estimate of drug-likeness (QED) is 0.827. The first-order valence-corrected chi connectivity index (χ1v) is 8.71. The van der Waals surface area contributed by atoms with Crippen LogP contribution in [-0.2, 0) is 6.42 Å². The molecule has 2 rings (SSSR count). The third-order valence-electron chi connectivity index (χ3n) is 3.85. The van der Waals surface area contributed by atoms with Crippen molar-refractivity contribution in [3.8, 4) is 0 Å². The van der Waals surface area contributed by atoms with E-state index in [0.717, 1.165) is 34.8 Å². The SMILES string of the molecule is CCNc1nc(C2CCCCC2)nc(CC(C)C)c1Br. The van der Waals surface area contributed by atoms with E-state index >= 15 is 0 Å². The smallest absolute Gasteiger partial charge is 0.144 e. The van der Waals surface area contributed by atoms with E-state index < -0.39 is 0 Å². The van der Waals surface area contributed by atoms with E-state index in [1.165, 1.54) is 32.1 Å². The highest BCUT2D eigenvalue weighted by atomic mass is 79.9. The van der Waals surface area contributed by atoms with Gasteiger partial charge < -0.3 is 5.32 Å². The molecule has 1 N–H and O–H groups in total. The van der Waals surface area contributed by atoms with Crippen molar-refractivity contribution >= 4 is 21.7 Å². The zero-order valence-electron chi connectivity index (χ0n) is 12.9. The van der Waals surface area contributed by atoms with Gasteiger partial charge in [0.25, 0.3) is 0 Å². The van der Waals surface area contributed by atoms with Crippen molar-refractivity contribution < 1.29 is 0 Å². The van der Waals surface area contributed by atoms with E-state index in [9.17, 15) is 0 Å². The summed E-state index contributed by atoms with van der Waals surface area (Å²) < 4.78 is 1.05. The molecule has 1 saturated carbocycles. The van der Waals surface area contributed by atoms with Gasteiger partial charge in [0.05, 0.1) is 10.2 Å². The first-order chi connectivity index (χ1) is 9.61. The van der Waals surface area contributed by atoms with Gasteiger partial charge in [-0.25, -0.2) is 9.97 Å². The van der Waals surface area contributed by atoms with Gasteiger partial charge in [-0.15, -0.1) is 0 Å². The molecule has 20 heavy (non-hydrogen) atoms. The van der Waals surface area contributed by atoms with Crippen LogP contribution in [0.15, 0.2) is 4.47 Å². The van der Waals surface area contributed by atoms with Gasteiger partial charge >= 0.3 is 0 Å². The van der Waals surface area contributed by atoms with Crippen LogP contribution in [-0.4, -0.2) is 16.5 Å². The summed E-state index contributed by atoms with van der Waals surface area (Å²) in [6.45, 7) is 7.47. The molecule has 1 fully saturated rings. The maximum absolute atomic E-state index is 4.88. The van der Waals surface area contributed by atoms with E-state index in [2.05, 4.69) is 42.0 Å². The van der Waals surface area contributed by atoms with Crippen molar-refractivity contribution in [3.05, 3.63) is 16.0 Å². The number of anilines is 1. The monoisotopic (exact) mass is 339 g/mol. The second kappa shape index (κ2) is 7.39. The predicted octanol–water partition coefficient (Wildman–Crippen LogP) is 4.92. The van der Waals surface area contributed by atoms with Crippen molar-refractivity contribution in [2.45, 2.75) is 65.2 Å². The molecule has 4 heteroatoms. The van der Waals surface area contributed by atoms with Gasteiger partial charge in [0.1, 0.15) is 11.6 Å². The summed E-state index contributed by atoms with van der Waals surface area (Å²) in [5.41, 5.74) is 1.16. The lowest BCUT2D eigenvalue weighted by Gasteiger charge is -2.22. The van der Waals surface area contributed by atoms with Gasteiger partial charge in [0, 0.05) is 12.5 Å². The van der Waals surface area contributed by atoms with Crippen molar-refractivity contribution in [2.24, 2.45) is 5.92 Å². The zero-order chi connectivity index (χ0) is 14.5. The number of nitrogens with zero attached hydrogens (tertiary/aromatic N) is 2. The average Bonchev–Trinajstić information content (AvgIpc) is 2.44. The zero-order valence-corrected chi connectivity index (χ0v) is 14.5. The fourth-order valence-electron chi connectivity index (χ4n) is 2.86. The molecule has 1 heterocycles. The van der Waals surface area contributed by atoms with Gasteiger partial charge in [0.15, 0.2) is 0 Å². The fraction of sp³-hybridized carbons (Fsp3) is 0.750. The number of nitrogens with one attached hydrogen (secondary N) is 1. The van der Waals surface area contributed by atoms with Crippen LogP contribution in [0.3, 0.4) is 0 Å². The van der Waals surface area contributed by atoms with Gasteiger partial charge in [-0.2, -0.15) is 0 Å². The summed E-state index contributed by atoms with van der Waals surface area (Å²) in [6.07, 6.45) is 7.50. The highest BCUT2D eigenvalue weighted by molar-refractivity contribution is 9.10. The molecule has 1 aromatic heterocycles. The van der Waals surface area contributed by atoms with Crippen LogP contribution in [0.5, 0.6) is 0 Å². The lowest BCUT2D eigenvalue weighted by atomic mass is 9.88. The molecule has 3 nitrogen and oxygen atoms in total. The lowest BCUT2D eigenvalue weighted by Crippen LogP contribution is -2.14. The number of halogens is 1. The van der Waals surface area contributed by atoms with Crippen LogP contribution in [0.1, 0.15) is 70.3 Å². The summed E-state index contributed by atoms with van der Waals surface area (Å²) in [4.78, 5) is 9.67. The van der Waals surface area contributed by atoms with Crippen LogP contribution in [0.25, 0.3) is 0 Å². The summed E-state index contributed by atoms with van der Waals surface area (Å²) >= 11 is 3.68. The van der Waals surface area contributed by atoms with E-state index in [1.807, 2.05) is 0 Å². The minimum atomic E-state index is 0.556. The third-order valence-corrected chi connectivity index (χ3v) is 4.69. The number of aromatic nitrogens is 2. The summed E-state index contributed by atoms with van der Waals surface area (Å²) in [7, 11) is 0. The Bertz CT molecular complexity index is 440. The highest BCUT2D eigenvalue weighted by Gasteiger charge is 2.21. The maximum Gasteiger partial charge on any atom is 0.144 e. The van der Waals surface area contributed by atoms with Crippen molar-refractivity contribution in [1.29, 1.82) is 0 Å². The van der Waals surface area contributed by atoms with Crippen LogP contribution >= 0.6 is 15.9 Å². The summed E-state index contributed by atoms with van der Waals surface area (Å²) in [5.74, 6) is 3.19. The van der Waals surface area contributed by atoms with E-state index in [0.29, 0.717) is 11.8 Å². The molecule has 0 unspecified atom stereocenters. The Labute approximate surface area is 131 Å². The molecule has 0 atom stereocenters. The van der Waals surface area contributed by atoms with E-state index in [1.54, 1.807) is 0 Å². The molecule has 1 aliphatic carbocycles. The molecule has 1 aliphatic rings. The minimum Gasteiger partial charge on any atom is -0.369 e. The number of rotatable bonds is 5. The summed E-state index contributed by atoms with van der Waals surface area (Å²) in [6, 6.07) is 0. The van der Waals surface area contributed by atoms with Gasteiger partial charge in [0.2, 0.25) is 0 Å². The average molecular weight is 340 g/mol. The maximum atomic E-state index is 4.88. The van der Waals surface area contributed by atoms with Crippen LogP contribution < -0.4 is 5.32 Å². The normalized spacial score (nSPS) is 16.6. The Morgan fingerprint density at radius 3 is 2.50 bits per heavy atom. The predicted molar refractivity (Wildman–Crippen MR) is 88.3 cm³/mol. The number of hydrogen-bond donors (Lipinski definition) is 1. The summed E-state index contributed by atoms with van der Waals surface area (Å²) in [5, 5.41) is 3.37. The first kappa shape index (κ1) is 15.7. The molecule has 0 bridgehead atoms. The Morgan fingerprint density at radius 1 is 1.20 bits per heavy atom. The third kappa shape index (κ3) is 3.94. The van der Waals surface area contributed by atoms with Crippen LogP contribution in [0.4, 0.5) is 5.82 Å². The minimum absolute atomic E-state index is 0.556. The molecule has 0 aromatic carbocycles. The molecule has 0 saturated heterocycles. The van der Waals surface area contributed by atoms with Gasteiger partial charge in [-0.1, -0.05) is 33.1 Å². The Kier molecular flexibility index (Phi) is 5.82. The van der Waals surface area contributed by atoms with Crippen LogP contribution in [0, 0.1) is 5.92 Å². The standard InChI is InChI=1S/C16H26BrN3/c1-4-18-16-14(17)13(10-11(2)3)19-15(20-16)12-8-6-5-7-9-12/h11-12H,4-10H2,1-3H3,(H,18,19,20). The van der Waals surface area contributed by atoms with Crippen molar-refractivity contribution in [2.75, 3.05) is 11.9 Å². The van der Waals surface area contributed by atoms with Gasteiger partial charge in [-0.3, -0.25) is 0 Å². The highest BCUT2D eigenvalue weighted by Crippen LogP contribution is 2.34. The second-order valence-electron chi connectivity index (χ2n) is 6.15. The largest absolute Gasteiger partial charge is 0.369 e. The molecule has 112 valence electrons. The molecule has 0 radical (unpaired) electrons. The van der Waals surface area contributed by atoms with E-state index in [-0.39, 0.29) is 0 Å². The van der Waals surface area contributed by atoms with E-state index in [4.69, 9.17) is 9.97 Å². The topological polar surface area (TPSA) is 37.8 Å². The molecule has 0 spiro atoms. The molecule has 0 amide bonds. The molecule has 0 aliphatic heterocycles. The molecular formula is C16H26BrN3. The Balaban J connectivity index is 2.32. The van der Waals surface area contributed by atoms with Crippen molar-refractivity contribution in [3.63, 3.8) is 0 Å². The Hall–Kier alpha value is -0.640. The first-order valence-electron chi connectivity index (χ1n) is 7.92. The molecule has 1 aromatic rings. The second-order valence-corrected chi connectivity index (χ2v) is 6.95.